The van der Waals surface area contributed by atoms with E-state index in [4.69, 9.17) is 4.74 Å². The maximum atomic E-state index is 13.0. The van der Waals surface area contributed by atoms with E-state index < -0.39 is 5.82 Å². The minimum absolute atomic E-state index is 0.0407. The fourth-order valence-corrected chi connectivity index (χ4v) is 3.91. The zero-order valence-corrected chi connectivity index (χ0v) is 13.8. The number of fused-ring (bicyclic) bond motifs is 1. The second-order valence-corrected chi connectivity index (χ2v) is 6.82. The number of carbonyl (C=O) groups is 1. The van der Waals surface area contributed by atoms with Crippen molar-refractivity contribution in [2.45, 2.75) is 6.10 Å². The van der Waals surface area contributed by atoms with E-state index in [-0.39, 0.29) is 17.9 Å². The van der Waals surface area contributed by atoms with Crippen LogP contribution in [0.3, 0.4) is 0 Å². The van der Waals surface area contributed by atoms with Crippen LogP contribution in [0, 0.1) is 11.7 Å². The molecule has 0 aromatic carbocycles. The van der Waals surface area contributed by atoms with Gasteiger partial charge in [-0.2, -0.15) is 11.3 Å². The maximum Gasteiger partial charge on any atom is 0.254 e. The fourth-order valence-electron chi connectivity index (χ4n) is 3.28. The first-order valence-corrected chi connectivity index (χ1v) is 8.80. The van der Waals surface area contributed by atoms with E-state index in [1.165, 1.54) is 23.7 Å². The van der Waals surface area contributed by atoms with E-state index >= 15 is 0 Å². The predicted octanol–water partition coefficient (Wildman–Crippen LogP) is 1.65. The molecule has 8 heteroatoms. The van der Waals surface area contributed by atoms with E-state index in [0.29, 0.717) is 38.7 Å². The summed E-state index contributed by atoms with van der Waals surface area (Å²) in [5.41, 5.74) is 0.732. The van der Waals surface area contributed by atoms with E-state index in [1.807, 2.05) is 26.6 Å². The molecule has 2 aromatic heterocycles. The Morgan fingerprint density at radius 2 is 2.12 bits per heavy atom. The van der Waals surface area contributed by atoms with Crippen LogP contribution in [0.2, 0.25) is 0 Å². The molecule has 1 amide bonds. The first-order chi connectivity index (χ1) is 11.7. The minimum atomic E-state index is -0.448. The van der Waals surface area contributed by atoms with Gasteiger partial charge in [0.1, 0.15) is 0 Å². The van der Waals surface area contributed by atoms with Gasteiger partial charge in [0, 0.05) is 37.5 Å². The molecule has 2 aliphatic rings. The first kappa shape index (κ1) is 15.5. The molecule has 2 aromatic rings. The Morgan fingerprint density at radius 1 is 1.29 bits per heavy atom. The van der Waals surface area contributed by atoms with Crippen molar-refractivity contribution >= 4 is 23.2 Å². The summed E-state index contributed by atoms with van der Waals surface area (Å²) in [5.74, 6) is 0.306. The van der Waals surface area contributed by atoms with Crippen LogP contribution in [0.5, 0.6) is 0 Å². The molecule has 0 unspecified atom stereocenters. The summed E-state index contributed by atoms with van der Waals surface area (Å²) in [7, 11) is 0. The summed E-state index contributed by atoms with van der Waals surface area (Å²) >= 11 is 1.52. The average molecular weight is 348 g/mol. The lowest BCUT2D eigenvalue weighted by Gasteiger charge is -2.23. The van der Waals surface area contributed by atoms with E-state index in [1.54, 1.807) is 0 Å². The molecule has 6 nitrogen and oxygen atoms in total. The van der Waals surface area contributed by atoms with Crippen LogP contribution in [0.15, 0.2) is 29.2 Å². The number of anilines is 1. The topological polar surface area (TPSA) is 58.6 Å². The molecule has 0 saturated carbocycles. The van der Waals surface area contributed by atoms with Gasteiger partial charge in [0.25, 0.3) is 5.91 Å². The number of ether oxygens (including phenoxy) is 1. The monoisotopic (exact) mass is 348 g/mol. The van der Waals surface area contributed by atoms with Crippen molar-refractivity contribution in [2.75, 3.05) is 37.7 Å². The third-order valence-electron chi connectivity index (χ3n) is 4.47. The predicted molar refractivity (Wildman–Crippen MR) is 87.7 cm³/mol. The third kappa shape index (κ3) is 2.99. The lowest BCUT2D eigenvalue weighted by atomic mass is 10.1. The van der Waals surface area contributed by atoms with Crippen molar-refractivity contribution in [3.05, 3.63) is 40.6 Å². The maximum absolute atomic E-state index is 13.0. The smallest absolute Gasteiger partial charge is 0.254 e. The summed E-state index contributed by atoms with van der Waals surface area (Å²) < 4.78 is 18.9. The Kier molecular flexibility index (Phi) is 4.15. The van der Waals surface area contributed by atoms with Gasteiger partial charge >= 0.3 is 0 Å². The summed E-state index contributed by atoms with van der Waals surface area (Å²) in [6.45, 7) is 3.14. The molecule has 0 radical (unpaired) electrons. The van der Waals surface area contributed by atoms with Crippen molar-refractivity contribution in [3.63, 3.8) is 0 Å². The number of amides is 1. The summed E-state index contributed by atoms with van der Waals surface area (Å²) in [6.07, 6.45) is 2.38. The molecular formula is C16H17FN4O2S. The van der Waals surface area contributed by atoms with Crippen LogP contribution in [-0.4, -0.2) is 59.7 Å². The highest BCUT2D eigenvalue weighted by atomic mass is 32.1. The van der Waals surface area contributed by atoms with Crippen molar-refractivity contribution in [1.29, 1.82) is 0 Å². The normalized spacial score (nSPS) is 23.9. The number of rotatable bonds is 2. The van der Waals surface area contributed by atoms with Gasteiger partial charge in [-0.05, 0) is 11.4 Å². The van der Waals surface area contributed by atoms with Gasteiger partial charge in [0.2, 0.25) is 5.95 Å². The van der Waals surface area contributed by atoms with E-state index in [2.05, 4.69) is 9.97 Å². The number of thiophene rings is 1. The lowest BCUT2D eigenvalue weighted by molar-refractivity contribution is 0.0569. The molecule has 0 N–H and O–H groups in total. The molecule has 0 aliphatic carbocycles. The van der Waals surface area contributed by atoms with Crippen molar-refractivity contribution in [2.24, 2.45) is 5.92 Å². The van der Waals surface area contributed by atoms with Crippen LogP contribution in [-0.2, 0) is 4.74 Å². The van der Waals surface area contributed by atoms with Crippen LogP contribution < -0.4 is 4.90 Å². The molecule has 4 rings (SSSR count). The molecule has 126 valence electrons. The molecule has 4 heterocycles. The van der Waals surface area contributed by atoms with Crippen LogP contribution in [0.1, 0.15) is 10.4 Å². The minimum Gasteiger partial charge on any atom is -0.374 e. The Morgan fingerprint density at radius 3 is 2.88 bits per heavy atom. The molecule has 2 atom stereocenters. The Hall–Kier alpha value is -2.06. The SMILES string of the molecule is O=C(c1ccsc1)N1CCO[C@@H]2CN(c3ncc(F)cn3)C[C@@H]2C1. The molecular weight excluding hydrogens is 331 g/mol. The van der Waals surface area contributed by atoms with Gasteiger partial charge in [0.05, 0.1) is 30.7 Å². The zero-order chi connectivity index (χ0) is 16.5. The molecule has 2 saturated heterocycles. The highest BCUT2D eigenvalue weighted by Crippen LogP contribution is 2.27. The second kappa shape index (κ2) is 6.45. The molecule has 2 fully saturated rings. The Balaban J connectivity index is 1.47. The average Bonchev–Trinajstić information content (AvgIpc) is 3.21. The van der Waals surface area contributed by atoms with E-state index in [0.717, 1.165) is 5.56 Å². The molecule has 2 aliphatic heterocycles. The summed E-state index contributed by atoms with van der Waals surface area (Å²) in [6, 6.07) is 1.85. The van der Waals surface area contributed by atoms with Crippen molar-refractivity contribution in [1.82, 2.24) is 14.9 Å². The van der Waals surface area contributed by atoms with Gasteiger partial charge in [-0.3, -0.25) is 4.79 Å². The van der Waals surface area contributed by atoms with Gasteiger partial charge in [-0.15, -0.1) is 0 Å². The standard InChI is InChI=1S/C16H17FN4O2S/c17-13-5-18-16(19-6-13)21-8-12-7-20(2-3-23-14(12)9-21)15(22)11-1-4-24-10-11/h1,4-6,10,12,14H,2-3,7-9H2/t12-,14+/m0/s1. The third-order valence-corrected chi connectivity index (χ3v) is 5.16. The molecule has 0 spiro atoms. The zero-order valence-electron chi connectivity index (χ0n) is 13.0. The Bertz CT molecular complexity index is 709. The van der Waals surface area contributed by atoms with Crippen LogP contribution in [0.25, 0.3) is 0 Å². The van der Waals surface area contributed by atoms with Crippen molar-refractivity contribution in [3.8, 4) is 0 Å². The number of halogens is 1. The highest BCUT2D eigenvalue weighted by molar-refractivity contribution is 7.08. The number of nitrogens with zero attached hydrogens (tertiary/aromatic N) is 4. The quantitative estimate of drug-likeness (QED) is 0.826. The highest BCUT2D eigenvalue weighted by Gasteiger charge is 2.38. The van der Waals surface area contributed by atoms with Crippen LogP contribution in [0.4, 0.5) is 10.3 Å². The van der Waals surface area contributed by atoms with Crippen molar-refractivity contribution < 1.29 is 13.9 Å². The Labute approximate surface area is 142 Å². The summed E-state index contributed by atoms with van der Waals surface area (Å²) in [4.78, 5) is 24.5. The van der Waals surface area contributed by atoms with Gasteiger partial charge in [0.15, 0.2) is 5.82 Å². The number of aromatic nitrogens is 2. The lowest BCUT2D eigenvalue weighted by Crippen LogP contribution is -2.37. The number of carbonyl (C=O) groups excluding carboxylic acids is 1. The van der Waals surface area contributed by atoms with Gasteiger partial charge in [-0.1, -0.05) is 0 Å². The van der Waals surface area contributed by atoms with Gasteiger partial charge in [-0.25, -0.2) is 14.4 Å². The van der Waals surface area contributed by atoms with Crippen LogP contribution >= 0.6 is 11.3 Å². The first-order valence-electron chi connectivity index (χ1n) is 7.86. The summed E-state index contributed by atoms with van der Waals surface area (Å²) in [5, 5.41) is 3.78. The molecule has 24 heavy (non-hydrogen) atoms. The number of hydrogen-bond donors (Lipinski definition) is 0. The largest absolute Gasteiger partial charge is 0.374 e. The van der Waals surface area contributed by atoms with Gasteiger partial charge < -0.3 is 14.5 Å². The fraction of sp³-hybridized carbons (Fsp3) is 0.438. The number of hydrogen-bond acceptors (Lipinski definition) is 6. The van der Waals surface area contributed by atoms with E-state index in [9.17, 15) is 9.18 Å². The second-order valence-electron chi connectivity index (χ2n) is 6.04. The molecule has 0 bridgehead atoms.